The van der Waals surface area contributed by atoms with Gasteiger partial charge < -0.3 is 4.42 Å². The molecule has 5 nitrogen and oxygen atoms in total. The summed E-state index contributed by atoms with van der Waals surface area (Å²) in [6.45, 7) is 2.26. The quantitative estimate of drug-likeness (QED) is 0.523. The third-order valence-electron chi connectivity index (χ3n) is 3.95. The monoisotopic (exact) mass is 350 g/mol. The van der Waals surface area contributed by atoms with Crippen LogP contribution in [0.4, 0.5) is 5.13 Å². The van der Waals surface area contributed by atoms with Crippen LogP contribution in [0.25, 0.3) is 21.2 Å². The van der Waals surface area contributed by atoms with Crippen molar-refractivity contribution in [3.63, 3.8) is 0 Å². The zero-order valence-electron chi connectivity index (χ0n) is 13.4. The van der Waals surface area contributed by atoms with E-state index in [9.17, 15) is 9.59 Å². The van der Waals surface area contributed by atoms with Crippen molar-refractivity contribution >= 4 is 43.6 Å². The van der Waals surface area contributed by atoms with Crippen molar-refractivity contribution in [1.82, 2.24) is 4.98 Å². The number of thiazole rings is 1. The zero-order chi connectivity index (χ0) is 17.4. The van der Waals surface area contributed by atoms with Crippen molar-refractivity contribution in [2.75, 3.05) is 11.4 Å². The lowest BCUT2D eigenvalue weighted by Gasteiger charge is -2.17. The van der Waals surface area contributed by atoms with E-state index in [-0.39, 0.29) is 5.56 Å². The molecule has 2 aromatic heterocycles. The lowest BCUT2D eigenvalue weighted by atomic mass is 10.1. The molecule has 0 unspecified atom stereocenters. The van der Waals surface area contributed by atoms with Gasteiger partial charge in [0.25, 0.3) is 5.91 Å². The van der Waals surface area contributed by atoms with Gasteiger partial charge in [-0.25, -0.2) is 9.78 Å². The Bertz CT molecular complexity index is 1110. The molecule has 124 valence electrons. The molecular weight excluding hydrogens is 336 g/mol. The molecule has 0 aliphatic heterocycles. The third-order valence-corrected chi connectivity index (χ3v) is 5.01. The Kier molecular flexibility index (Phi) is 3.82. The fourth-order valence-corrected chi connectivity index (χ4v) is 3.73. The third kappa shape index (κ3) is 2.70. The van der Waals surface area contributed by atoms with E-state index in [1.54, 1.807) is 18.2 Å². The van der Waals surface area contributed by atoms with Gasteiger partial charge in [-0.05, 0) is 31.2 Å². The number of hydrogen-bond acceptors (Lipinski definition) is 5. The van der Waals surface area contributed by atoms with E-state index in [0.29, 0.717) is 22.6 Å². The largest absolute Gasteiger partial charge is 0.422 e. The zero-order valence-corrected chi connectivity index (χ0v) is 14.2. The molecule has 4 rings (SSSR count). The Balaban J connectivity index is 1.80. The van der Waals surface area contributed by atoms with Crippen molar-refractivity contribution in [3.05, 3.63) is 70.6 Å². The van der Waals surface area contributed by atoms with Crippen molar-refractivity contribution in [3.8, 4) is 0 Å². The minimum atomic E-state index is -0.636. The molecule has 0 fully saturated rings. The first-order chi connectivity index (χ1) is 12.2. The number of rotatable bonds is 3. The number of aromatic nitrogens is 1. The van der Waals surface area contributed by atoms with Crippen LogP contribution in [0.5, 0.6) is 0 Å². The number of benzene rings is 2. The summed E-state index contributed by atoms with van der Waals surface area (Å²) in [4.78, 5) is 31.2. The number of hydrogen-bond donors (Lipinski definition) is 0. The Morgan fingerprint density at radius 3 is 2.72 bits per heavy atom. The highest BCUT2D eigenvalue weighted by molar-refractivity contribution is 7.22. The topological polar surface area (TPSA) is 63.4 Å². The molecule has 0 radical (unpaired) electrons. The van der Waals surface area contributed by atoms with Crippen LogP contribution in [0.2, 0.25) is 0 Å². The van der Waals surface area contributed by atoms with Gasteiger partial charge in [0.1, 0.15) is 11.1 Å². The predicted octanol–water partition coefficient (Wildman–Crippen LogP) is 4.07. The summed E-state index contributed by atoms with van der Waals surface area (Å²) >= 11 is 1.42. The number of carbonyl (C=O) groups excluding carboxylic acids is 1. The molecule has 25 heavy (non-hydrogen) atoms. The Morgan fingerprint density at radius 2 is 1.92 bits per heavy atom. The number of fused-ring (bicyclic) bond motifs is 2. The van der Waals surface area contributed by atoms with Gasteiger partial charge in [0.05, 0.1) is 10.2 Å². The van der Waals surface area contributed by atoms with Gasteiger partial charge in [0.2, 0.25) is 0 Å². The maximum absolute atomic E-state index is 13.0. The molecule has 0 bridgehead atoms. The maximum atomic E-state index is 13.0. The Labute approximate surface area is 147 Å². The Hall–Kier alpha value is -2.99. The van der Waals surface area contributed by atoms with E-state index < -0.39 is 11.5 Å². The second-order valence-electron chi connectivity index (χ2n) is 5.50. The van der Waals surface area contributed by atoms with Crippen molar-refractivity contribution in [1.29, 1.82) is 0 Å². The van der Waals surface area contributed by atoms with Crippen molar-refractivity contribution in [2.24, 2.45) is 0 Å². The van der Waals surface area contributed by atoms with E-state index in [1.165, 1.54) is 16.2 Å². The number of carbonyl (C=O) groups is 1. The van der Waals surface area contributed by atoms with Gasteiger partial charge >= 0.3 is 5.63 Å². The molecule has 0 saturated heterocycles. The first-order valence-corrected chi connectivity index (χ1v) is 8.69. The second-order valence-corrected chi connectivity index (χ2v) is 6.51. The van der Waals surface area contributed by atoms with Crippen LogP contribution in [0.3, 0.4) is 0 Å². The van der Waals surface area contributed by atoms with Crippen molar-refractivity contribution in [2.45, 2.75) is 6.92 Å². The molecular formula is C19H14N2O3S. The molecule has 0 spiro atoms. The number of amides is 1. The summed E-state index contributed by atoms with van der Waals surface area (Å²) in [7, 11) is 0. The number of nitrogens with zero attached hydrogens (tertiary/aromatic N) is 2. The normalized spacial score (nSPS) is 11.1. The van der Waals surface area contributed by atoms with Crippen LogP contribution >= 0.6 is 11.3 Å². The van der Waals surface area contributed by atoms with Gasteiger partial charge in [0.15, 0.2) is 5.13 Å². The molecule has 0 aliphatic carbocycles. The summed E-state index contributed by atoms with van der Waals surface area (Å²) in [5.74, 6) is -0.402. The first-order valence-electron chi connectivity index (χ1n) is 7.87. The van der Waals surface area contributed by atoms with Crippen LogP contribution < -0.4 is 10.5 Å². The summed E-state index contributed by atoms with van der Waals surface area (Å²) < 4.78 is 6.28. The summed E-state index contributed by atoms with van der Waals surface area (Å²) in [5, 5.41) is 1.28. The van der Waals surface area contributed by atoms with E-state index in [4.69, 9.17) is 4.42 Å². The molecule has 0 atom stereocenters. The van der Waals surface area contributed by atoms with E-state index in [1.807, 2.05) is 43.3 Å². The van der Waals surface area contributed by atoms with Crippen LogP contribution in [-0.2, 0) is 0 Å². The minimum absolute atomic E-state index is 0.0137. The highest BCUT2D eigenvalue weighted by Crippen LogP contribution is 2.29. The van der Waals surface area contributed by atoms with Gasteiger partial charge in [-0.15, -0.1) is 0 Å². The van der Waals surface area contributed by atoms with Gasteiger partial charge in [-0.3, -0.25) is 9.69 Å². The maximum Gasteiger partial charge on any atom is 0.349 e. The van der Waals surface area contributed by atoms with Gasteiger partial charge in [0, 0.05) is 11.9 Å². The fourth-order valence-electron chi connectivity index (χ4n) is 2.70. The lowest BCUT2D eigenvalue weighted by Crippen LogP contribution is -2.33. The van der Waals surface area contributed by atoms with Crippen LogP contribution in [-0.4, -0.2) is 17.4 Å². The highest BCUT2D eigenvalue weighted by Gasteiger charge is 2.23. The average molecular weight is 350 g/mol. The molecule has 6 heteroatoms. The lowest BCUT2D eigenvalue weighted by molar-refractivity contribution is 0.0985. The molecule has 2 aromatic carbocycles. The standard InChI is InChI=1S/C19H14N2O3S/c1-2-21(19-20-14-8-4-6-10-16(14)25-19)17(22)13-11-12-7-3-5-9-15(12)24-18(13)23/h3-11H,2H2,1H3. The van der Waals surface area contributed by atoms with E-state index in [2.05, 4.69) is 4.98 Å². The first kappa shape index (κ1) is 15.5. The summed E-state index contributed by atoms with van der Waals surface area (Å²) in [6, 6.07) is 16.4. The SMILES string of the molecule is CCN(C(=O)c1cc2ccccc2oc1=O)c1nc2ccccc2s1. The van der Waals surface area contributed by atoms with E-state index in [0.717, 1.165) is 10.2 Å². The van der Waals surface area contributed by atoms with Crippen molar-refractivity contribution < 1.29 is 9.21 Å². The van der Waals surface area contributed by atoms with Crippen LogP contribution in [0, 0.1) is 0 Å². The molecule has 2 heterocycles. The summed E-state index contributed by atoms with van der Waals surface area (Å²) in [5.41, 5.74) is 0.675. The van der Waals surface area contributed by atoms with Gasteiger partial charge in [-0.1, -0.05) is 41.7 Å². The molecule has 0 N–H and O–H groups in total. The van der Waals surface area contributed by atoms with Crippen LogP contribution in [0.1, 0.15) is 17.3 Å². The number of para-hydroxylation sites is 2. The Morgan fingerprint density at radius 1 is 1.16 bits per heavy atom. The fraction of sp³-hybridized carbons (Fsp3) is 0.105. The van der Waals surface area contributed by atoms with Crippen LogP contribution in [0.15, 0.2) is 63.8 Å². The molecule has 0 saturated carbocycles. The smallest absolute Gasteiger partial charge is 0.349 e. The molecule has 4 aromatic rings. The molecule has 1 amide bonds. The minimum Gasteiger partial charge on any atom is -0.422 e. The highest BCUT2D eigenvalue weighted by atomic mass is 32.1. The average Bonchev–Trinajstić information content (AvgIpc) is 3.05. The van der Waals surface area contributed by atoms with E-state index >= 15 is 0 Å². The summed E-state index contributed by atoms with van der Waals surface area (Å²) in [6.07, 6.45) is 0. The molecule has 0 aliphatic rings. The predicted molar refractivity (Wildman–Crippen MR) is 99.5 cm³/mol. The second kappa shape index (κ2) is 6.14. The van der Waals surface area contributed by atoms with Gasteiger partial charge in [-0.2, -0.15) is 0 Å². The number of anilines is 1.